The molecule has 0 unspecified atom stereocenters. The zero-order valence-electron chi connectivity index (χ0n) is 13.5. The van der Waals surface area contributed by atoms with Crippen LogP contribution in [0.4, 0.5) is 0 Å². The minimum absolute atomic E-state index is 0.217. The third-order valence-corrected chi connectivity index (χ3v) is 3.49. The number of carbonyl (C=O) groups excluding carboxylic acids is 1. The van der Waals surface area contributed by atoms with E-state index in [0.29, 0.717) is 12.3 Å². The van der Waals surface area contributed by atoms with Crippen LogP contribution in [0.1, 0.15) is 36.2 Å². The summed E-state index contributed by atoms with van der Waals surface area (Å²) < 4.78 is 5.28. The molecule has 0 atom stereocenters. The van der Waals surface area contributed by atoms with Crippen molar-refractivity contribution in [3.63, 3.8) is 0 Å². The van der Waals surface area contributed by atoms with Gasteiger partial charge in [-0.15, -0.1) is 0 Å². The zero-order chi connectivity index (χ0) is 15.9. The van der Waals surface area contributed by atoms with E-state index in [4.69, 9.17) is 4.74 Å². The molecular formula is C19H23NO2. The van der Waals surface area contributed by atoms with Crippen LogP contribution in [0.15, 0.2) is 42.6 Å². The lowest BCUT2D eigenvalue weighted by molar-refractivity contribution is -0.144. The topological polar surface area (TPSA) is 39.2 Å². The summed E-state index contributed by atoms with van der Waals surface area (Å²) in [4.78, 5) is 16.1. The SMILES string of the molecule is Cc1cc(CC(C)C)ccc1CC(=O)OCc1ccccn1. The maximum Gasteiger partial charge on any atom is 0.310 e. The predicted octanol–water partition coefficient (Wildman–Crippen LogP) is 3.87. The van der Waals surface area contributed by atoms with Crippen LogP contribution in [0.5, 0.6) is 0 Å². The van der Waals surface area contributed by atoms with Crippen molar-refractivity contribution in [3.05, 3.63) is 65.0 Å². The Hall–Kier alpha value is -2.16. The second kappa shape index (κ2) is 7.74. The number of esters is 1. The van der Waals surface area contributed by atoms with E-state index in [-0.39, 0.29) is 12.6 Å². The van der Waals surface area contributed by atoms with E-state index in [1.165, 1.54) is 5.56 Å². The average molecular weight is 297 g/mol. The van der Waals surface area contributed by atoms with Crippen LogP contribution in [0.3, 0.4) is 0 Å². The van der Waals surface area contributed by atoms with Gasteiger partial charge in [0.2, 0.25) is 0 Å². The molecule has 1 aromatic carbocycles. The van der Waals surface area contributed by atoms with Crippen molar-refractivity contribution in [3.8, 4) is 0 Å². The van der Waals surface area contributed by atoms with Crippen molar-refractivity contribution in [2.75, 3.05) is 0 Å². The van der Waals surface area contributed by atoms with Gasteiger partial charge in [-0.3, -0.25) is 9.78 Å². The molecule has 3 heteroatoms. The molecule has 2 aromatic rings. The molecule has 0 bridgehead atoms. The summed E-state index contributed by atoms with van der Waals surface area (Å²) in [7, 11) is 0. The Morgan fingerprint density at radius 3 is 2.68 bits per heavy atom. The Morgan fingerprint density at radius 1 is 1.23 bits per heavy atom. The highest BCUT2D eigenvalue weighted by Crippen LogP contribution is 2.15. The van der Waals surface area contributed by atoms with Crippen LogP contribution in [0.25, 0.3) is 0 Å². The Kier molecular flexibility index (Phi) is 5.70. The van der Waals surface area contributed by atoms with Crippen LogP contribution >= 0.6 is 0 Å². The number of ether oxygens (including phenoxy) is 1. The summed E-state index contributed by atoms with van der Waals surface area (Å²) in [5.41, 5.74) is 4.25. The second-order valence-corrected chi connectivity index (χ2v) is 6.02. The van der Waals surface area contributed by atoms with Crippen LogP contribution in [-0.2, 0) is 29.0 Å². The molecule has 0 fully saturated rings. The van der Waals surface area contributed by atoms with Gasteiger partial charge in [0.15, 0.2) is 0 Å². The molecule has 22 heavy (non-hydrogen) atoms. The standard InChI is InChI=1S/C19H23NO2/c1-14(2)10-16-7-8-17(15(3)11-16)12-19(21)22-13-18-6-4-5-9-20-18/h4-9,11,14H,10,12-13H2,1-3H3. The Labute approximate surface area is 132 Å². The number of nitrogens with zero attached hydrogens (tertiary/aromatic N) is 1. The van der Waals surface area contributed by atoms with Gasteiger partial charge in [0.05, 0.1) is 12.1 Å². The molecule has 0 aliphatic carbocycles. The highest BCUT2D eigenvalue weighted by atomic mass is 16.5. The molecule has 0 amide bonds. The molecular weight excluding hydrogens is 274 g/mol. The van der Waals surface area contributed by atoms with Gasteiger partial charge in [-0.2, -0.15) is 0 Å². The first kappa shape index (κ1) is 16.2. The highest BCUT2D eigenvalue weighted by molar-refractivity contribution is 5.73. The monoisotopic (exact) mass is 297 g/mol. The maximum atomic E-state index is 12.0. The number of hydrogen-bond acceptors (Lipinski definition) is 3. The summed E-state index contributed by atoms with van der Waals surface area (Å²) in [5, 5.41) is 0. The van der Waals surface area contributed by atoms with Crippen molar-refractivity contribution in [1.29, 1.82) is 0 Å². The van der Waals surface area contributed by atoms with E-state index in [2.05, 4.69) is 31.0 Å². The fraction of sp³-hybridized carbons (Fsp3) is 0.368. The maximum absolute atomic E-state index is 12.0. The second-order valence-electron chi connectivity index (χ2n) is 6.02. The lowest BCUT2D eigenvalue weighted by Gasteiger charge is -2.10. The van der Waals surface area contributed by atoms with Crippen molar-refractivity contribution in [2.45, 2.75) is 40.2 Å². The Bertz CT molecular complexity index is 621. The van der Waals surface area contributed by atoms with E-state index in [9.17, 15) is 4.79 Å². The van der Waals surface area contributed by atoms with Gasteiger partial charge in [0, 0.05) is 6.20 Å². The summed E-state index contributed by atoms with van der Waals surface area (Å²) in [6.07, 6.45) is 3.06. The number of benzene rings is 1. The van der Waals surface area contributed by atoms with Crippen LogP contribution in [0.2, 0.25) is 0 Å². The highest BCUT2D eigenvalue weighted by Gasteiger charge is 2.09. The number of aromatic nitrogens is 1. The van der Waals surface area contributed by atoms with Gasteiger partial charge < -0.3 is 4.74 Å². The summed E-state index contributed by atoms with van der Waals surface area (Å²) in [6, 6.07) is 11.9. The van der Waals surface area contributed by atoms with Gasteiger partial charge in [0.1, 0.15) is 6.61 Å². The average Bonchev–Trinajstić information content (AvgIpc) is 2.48. The summed E-state index contributed by atoms with van der Waals surface area (Å²) in [6.45, 7) is 6.69. The molecule has 0 saturated heterocycles. The van der Waals surface area contributed by atoms with Crippen LogP contribution in [-0.4, -0.2) is 11.0 Å². The largest absolute Gasteiger partial charge is 0.459 e. The molecule has 0 spiro atoms. The first-order valence-electron chi connectivity index (χ1n) is 7.68. The van der Waals surface area contributed by atoms with E-state index in [1.807, 2.05) is 31.2 Å². The molecule has 116 valence electrons. The van der Waals surface area contributed by atoms with Crippen molar-refractivity contribution in [2.24, 2.45) is 5.92 Å². The number of rotatable bonds is 6. The Balaban J connectivity index is 1.91. The molecule has 0 aliphatic heterocycles. The van der Waals surface area contributed by atoms with E-state index in [0.717, 1.165) is 23.2 Å². The van der Waals surface area contributed by atoms with Gasteiger partial charge in [-0.25, -0.2) is 0 Å². The van der Waals surface area contributed by atoms with Gasteiger partial charge in [-0.05, 0) is 48.1 Å². The first-order chi connectivity index (χ1) is 10.5. The number of carbonyl (C=O) groups is 1. The normalized spacial score (nSPS) is 10.7. The van der Waals surface area contributed by atoms with Crippen LogP contribution in [0, 0.1) is 12.8 Å². The molecule has 0 N–H and O–H groups in total. The molecule has 1 heterocycles. The summed E-state index contributed by atoms with van der Waals surface area (Å²) >= 11 is 0. The fourth-order valence-corrected chi connectivity index (χ4v) is 2.40. The van der Waals surface area contributed by atoms with E-state index < -0.39 is 0 Å². The molecule has 0 saturated carbocycles. The lowest BCUT2D eigenvalue weighted by Crippen LogP contribution is -2.10. The quantitative estimate of drug-likeness (QED) is 0.760. The fourth-order valence-electron chi connectivity index (χ4n) is 2.40. The van der Waals surface area contributed by atoms with Crippen molar-refractivity contribution < 1.29 is 9.53 Å². The lowest BCUT2D eigenvalue weighted by atomic mass is 9.97. The Morgan fingerprint density at radius 2 is 2.05 bits per heavy atom. The molecule has 2 rings (SSSR count). The third-order valence-electron chi connectivity index (χ3n) is 3.49. The zero-order valence-corrected chi connectivity index (χ0v) is 13.5. The smallest absolute Gasteiger partial charge is 0.310 e. The third kappa shape index (κ3) is 4.99. The summed E-state index contributed by atoms with van der Waals surface area (Å²) in [5.74, 6) is 0.416. The van der Waals surface area contributed by atoms with Crippen LogP contribution < -0.4 is 0 Å². The molecule has 0 radical (unpaired) electrons. The predicted molar refractivity (Wildman–Crippen MR) is 87.5 cm³/mol. The number of aryl methyl sites for hydroxylation is 1. The number of hydrogen-bond donors (Lipinski definition) is 0. The molecule has 0 aliphatic rings. The van der Waals surface area contributed by atoms with E-state index >= 15 is 0 Å². The van der Waals surface area contributed by atoms with Gasteiger partial charge in [-0.1, -0.05) is 38.1 Å². The molecule has 1 aromatic heterocycles. The minimum atomic E-state index is -0.217. The van der Waals surface area contributed by atoms with E-state index in [1.54, 1.807) is 6.20 Å². The van der Waals surface area contributed by atoms with Crippen molar-refractivity contribution >= 4 is 5.97 Å². The number of pyridine rings is 1. The van der Waals surface area contributed by atoms with Gasteiger partial charge >= 0.3 is 5.97 Å². The molecule has 3 nitrogen and oxygen atoms in total. The first-order valence-corrected chi connectivity index (χ1v) is 7.68. The van der Waals surface area contributed by atoms with Gasteiger partial charge in [0.25, 0.3) is 0 Å². The minimum Gasteiger partial charge on any atom is -0.459 e. The van der Waals surface area contributed by atoms with Crippen molar-refractivity contribution in [1.82, 2.24) is 4.98 Å².